The lowest BCUT2D eigenvalue weighted by atomic mass is 9.83. The summed E-state index contributed by atoms with van der Waals surface area (Å²) in [5, 5.41) is 10.1. The minimum Gasteiger partial charge on any atom is -0.465 e. The van der Waals surface area contributed by atoms with Crippen molar-refractivity contribution in [1.82, 2.24) is 15.5 Å². The molecule has 11 heteroatoms. The zero-order valence-corrected chi connectivity index (χ0v) is 25.2. The van der Waals surface area contributed by atoms with Gasteiger partial charge in [-0.1, -0.05) is 66.4 Å². The third kappa shape index (κ3) is 8.65. The molecule has 0 spiro atoms. The third-order valence-corrected chi connectivity index (χ3v) is 8.64. The Morgan fingerprint density at radius 1 is 1.12 bits per heavy atom. The number of carbonyl (C=O) groups is 3. The first-order chi connectivity index (χ1) is 20.4. The molecule has 2 atom stereocenters. The van der Waals surface area contributed by atoms with Crippen molar-refractivity contribution >= 4 is 35.0 Å². The van der Waals surface area contributed by atoms with Crippen LogP contribution in [0.15, 0.2) is 53.7 Å². The summed E-state index contributed by atoms with van der Waals surface area (Å²) in [5.74, 6) is -0.433. The van der Waals surface area contributed by atoms with Gasteiger partial charge in [0, 0.05) is 11.4 Å². The van der Waals surface area contributed by atoms with E-state index in [1.54, 1.807) is 17.9 Å². The highest BCUT2D eigenvalue weighted by molar-refractivity contribution is 7.14. The van der Waals surface area contributed by atoms with E-state index < -0.39 is 18.1 Å². The van der Waals surface area contributed by atoms with Crippen LogP contribution >= 0.6 is 11.3 Å². The maximum absolute atomic E-state index is 13.7. The fourth-order valence-electron chi connectivity index (χ4n) is 5.28. The standard InChI is InChI=1S/C31H41N5O5S/c1-3-40-27(37)19-33-28(23-8-5-4-6-9-23)31(39)36-17-7-10-25(36)30(38)34-18-24-15-16-26(42-24)29(32)35-41-20-22-13-11-21(2)12-14-22/h7,10-16,23,25,28,33H,3-6,8-9,17-20H2,1-2H3,(H2,32,35)(H,34,38)/t25?,28-/m1/s1. The Balaban J connectivity index is 1.31. The molecule has 0 radical (unpaired) electrons. The number of rotatable bonds is 13. The van der Waals surface area contributed by atoms with Crippen LogP contribution in [0.5, 0.6) is 0 Å². The van der Waals surface area contributed by atoms with Gasteiger partial charge in [-0.3, -0.25) is 19.7 Å². The molecule has 1 saturated carbocycles. The van der Waals surface area contributed by atoms with Gasteiger partial charge < -0.3 is 25.5 Å². The monoisotopic (exact) mass is 595 g/mol. The largest absolute Gasteiger partial charge is 0.465 e. The van der Waals surface area contributed by atoms with Crippen LogP contribution in [0, 0.1) is 12.8 Å². The van der Waals surface area contributed by atoms with Crippen LogP contribution in [0.1, 0.15) is 59.9 Å². The molecule has 42 heavy (non-hydrogen) atoms. The van der Waals surface area contributed by atoms with E-state index in [0.29, 0.717) is 19.7 Å². The fourth-order valence-corrected chi connectivity index (χ4v) is 6.12. The van der Waals surface area contributed by atoms with Crippen molar-refractivity contribution in [2.24, 2.45) is 16.8 Å². The predicted molar refractivity (Wildman–Crippen MR) is 162 cm³/mol. The Kier molecular flexibility index (Phi) is 11.5. The van der Waals surface area contributed by atoms with Crippen molar-refractivity contribution < 1.29 is 24.0 Å². The zero-order chi connectivity index (χ0) is 29.9. The zero-order valence-electron chi connectivity index (χ0n) is 24.3. The molecule has 0 bridgehead atoms. The van der Waals surface area contributed by atoms with Crippen LogP contribution in [-0.2, 0) is 37.1 Å². The normalized spacial score (nSPS) is 18.1. The first kappa shape index (κ1) is 31.2. The third-order valence-electron chi connectivity index (χ3n) is 7.53. The number of benzene rings is 1. The van der Waals surface area contributed by atoms with Gasteiger partial charge >= 0.3 is 5.97 Å². The molecule has 1 fully saturated rings. The molecule has 1 aliphatic heterocycles. The van der Waals surface area contributed by atoms with E-state index in [0.717, 1.165) is 47.4 Å². The summed E-state index contributed by atoms with van der Waals surface area (Å²) < 4.78 is 5.05. The van der Waals surface area contributed by atoms with Gasteiger partial charge in [0.25, 0.3) is 0 Å². The summed E-state index contributed by atoms with van der Waals surface area (Å²) in [6.07, 6.45) is 8.66. The van der Waals surface area contributed by atoms with E-state index in [-0.39, 0.29) is 36.7 Å². The van der Waals surface area contributed by atoms with Gasteiger partial charge in [0.2, 0.25) is 11.8 Å². The van der Waals surface area contributed by atoms with Crippen LogP contribution in [-0.4, -0.2) is 60.3 Å². The van der Waals surface area contributed by atoms with Gasteiger partial charge in [-0.05, 0) is 50.3 Å². The predicted octanol–water partition coefficient (Wildman–Crippen LogP) is 3.38. The molecule has 2 aliphatic rings. The summed E-state index contributed by atoms with van der Waals surface area (Å²) in [7, 11) is 0. The van der Waals surface area contributed by atoms with Crippen LogP contribution in [0.3, 0.4) is 0 Å². The van der Waals surface area contributed by atoms with Crippen molar-refractivity contribution in [1.29, 1.82) is 0 Å². The summed E-state index contributed by atoms with van der Waals surface area (Å²) in [6.45, 7) is 4.98. The highest BCUT2D eigenvalue weighted by Crippen LogP contribution is 2.28. The Bertz CT molecular complexity index is 1270. The first-order valence-electron chi connectivity index (χ1n) is 14.6. The lowest BCUT2D eigenvalue weighted by Crippen LogP contribution is -2.56. The Labute approximate surface area is 251 Å². The number of nitrogens with two attached hydrogens (primary N) is 1. The van der Waals surface area contributed by atoms with Gasteiger partial charge in [0.15, 0.2) is 5.84 Å². The second kappa shape index (κ2) is 15.5. The Hall–Kier alpha value is -3.70. The Morgan fingerprint density at radius 3 is 2.62 bits per heavy atom. The maximum Gasteiger partial charge on any atom is 0.319 e. The topological polar surface area (TPSA) is 135 Å². The molecule has 10 nitrogen and oxygen atoms in total. The van der Waals surface area contributed by atoms with Gasteiger partial charge in [-0.25, -0.2) is 0 Å². The smallest absolute Gasteiger partial charge is 0.319 e. The number of amides is 2. The van der Waals surface area contributed by atoms with Gasteiger partial charge in [-0.15, -0.1) is 11.3 Å². The quantitative estimate of drug-likeness (QED) is 0.106. The van der Waals surface area contributed by atoms with E-state index in [4.69, 9.17) is 15.3 Å². The van der Waals surface area contributed by atoms with E-state index in [1.807, 2.05) is 49.4 Å². The van der Waals surface area contributed by atoms with Crippen LogP contribution in [0.25, 0.3) is 0 Å². The molecule has 4 N–H and O–H groups in total. The fraction of sp³-hybridized carbons (Fsp3) is 0.484. The number of thiophene rings is 1. The number of hydrogen-bond donors (Lipinski definition) is 3. The van der Waals surface area contributed by atoms with Crippen LogP contribution < -0.4 is 16.4 Å². The number of oxime groups is 1. The van der Waals surface area contributed by atoms with E-state index >= 15 is 0 Å². The molecule has 1 aliphatic carbocycles. The number of nitrogens with zero attached hydrogens (tertiary/aromatic N) is 2. The molecule has 2 aromatic rings. The average molecular weight is 596 g/mol. The molecule has 1 unspecified atom stereocenters. The van der Waals surface area contributed by atoms with Crippen molar-refractivity contribution in [3.63, 3.8) is 0 Å². The van der Waals surface area contributed by atoms with E-state index in [9.17, 15) is 14.4 Å². The second-order valence-electron chi connectivity index (χ2n) is 10.6. The van der Waals surface area contributed by atoms with Gasteiger partial charge in [-0.2, -0.15) is 0 Å². The number of nitrogens with one attached hydrogen (secondary N) is 2. The Morgan fingerprint density at radius 2 is 1.88 bits per heavy atom. The molecule has 1 aromatic carbocycles. The van der Waals surface area contributed by atoms with Crippen molar-refractivity contribution in [2.45, 2.75) is 71.2 Å². The highest BCUT2D eigenvalue weighted by atomic mass is 32.1. The maximum atomic E-state index is 13.7. The van der Waals surface area contributed by atoms with E-state index in [2.05, 4.69) is 15.8 Å². The molecular formula is C31H41N5O5S. The molecule has 2 heterocycles. The second-order valence-corrected chi connectivity index (χ2v) is 11.8. The molecule has 2 amide bonds. The molecular weight excluding hydrogens is 554 g/mol. The number of esters is 1. The summed E-state index contributed by atoms with van der Waals surface area (Å²) in [5.41, 5.74) is 8.29. The lowest BCUT2D eigenvalue weighted by molar-refractivity contribution is -0.144. The van der Waals surface area contributed by atoms with Crippen molar-refractivity contribution in [2.75, 3.05) is 19.7 Å². The summed E-state index contributed by atoms with van der Waals surface area (Å²) in [4.78, 5) is 47.6. The number of amidine groups is 1. The SMILES string of the molecule is CCOC(=O)CN[C@@H](C(=O)N1CC=CC1C(=O)NCc1ccc(/C(N)=N/OCc2ccc(C)cc2)s1)C1CCCCC1. The lowest BCUT2D eigenvalue weighted by Gasteiger charge is -2.34. The molecule has 1 aromatic heterocycles. The molecule has 226 valence electrons. The molecule has 0 saturated heterocycles. The number of carbonyl (C=O) groups excluding carboxylic acids is 3. The van der Waals surface area contributed by atoms with Gasteiger partial charge in [0.05, 0.1) is 30.6 Å². The number of ether oxygens (including phenoxy) is 1. The minimum atomic E-state index is -0.714. The minimum absolute atomic E-state index is 0.0387. The van der Waals surface area contributed by atoms with Crippen molar-refractivity contribution in [3.05, 3.63) is 69.4 Å². The summed E-state index contributed by atoms with van der Waals surface area (Å²) in [6, 6.07) is 10.5. The van der Waals surface area contributed by atoms with Gasteiger partial charge in [0.1, 0.15) is 12.6 Å². The summed E-state index contributed by atoms with van der Waals surface area (Å²) >= 11 is 1.41. The van der Waals surface area contributed by atoms with Crippen LogP contribution in [0.4, 0.5) is 0 Å². The number of aryl methyl sites for hydroxylation is 1. The first-order valence-corrected chi connectivity index (χ1v) is 15.4. The van der Waals surface area contributed by atoms with Crippen molar-refractivity contribution in [3.8, 4) is 0 Å². The average Bonchev–Trinajstić information content (AvgIpc) is 3.68. The number of hydrogen-bond acceptors (Lipinski definition) is 8. The molecule has 4 rings (SSSR count). The van der Waals surface area contributed by atoms with Crippen LogP contribution in [0.2, 0.25) is 0 Å². The highest BCUT2D eigenvalue weighted by Gasteiger charge is 2.38. The van der Waals surface area contributed by atoms with E-state index in [1.165, 1.54) is 16.9 Å².